The van der Waals surface area contributed by atoms with Gasteiger partial charge in [-0.1, -0.05) is 6.07 Å². The Kier molecular flexibility index (Phi) is 3.38. The van der Waals surface area contributed by atoms with Crippen LogP contribution in [0.25, 0.3) is 0 Å². The Morgan fingerprint density at radius 1 is 1.50 bits per heavy atom. The zero-order chi connectivity index (χ0) is 11.5. The molecule has 0 saturated carbocycles. The molecule has 1 aliphatic heterocycles. The molecular weight excluding hydrogens is 227 g/mol. The van der Waals surface area contributed by atoms with E-state index in [1.165, 1.54) is 0 Å². The molecule has 0 bridgehead atoms. The molecule has 1 aliphatic rings. The average molecular weight is 238 g/mol. The third-order valence-corrected chi connectivity index (χ3v) is 2.59. The van der Waals surface area contributed by atoms with Crippen molar-refractivity contribution in [2.75, 3.05) is 24.6 Å². The van der Waals surface area contributed by atoms with Gasteiger partial charge in [0.2, 0.25) is 0 Å². The summed E-state index contributed by atoms with van der Waals surface area (Å²) in [6.45, 7) is 1.58. The molecule has 84 valence electrons. The lowest BCUT2D eigenvalue weighted by atomic mass is 9.80. The van der Waals surface area contributed by atoms with Gasteiger partial charge in [-0.2, -0.15) is 0 Å². The van der Waals surface area contributed by atoms with E-state index in [4.69, 9.17) is 17.0 Å². The second kappa shape index (κ2) is 4.77. The molecule has 2 rings (SSSR count). The second-order valence-corrected chi connectivity index (χ2v) is 3.89. The van der Waals surface area contributed by atoms with Gasteiger partial charge < -0.3 is 19.7 Å². The summed E-state index contributed by atoms with van der Waals surface area (Å²) >= 11 is 4.98. The van der Waals surface area contributed by atoms with Gasteiger partial charge in [0.25, 0.3) is 0 Å². The van der Waals surface area contributed by atoms with Gasteiger partial charge in [-0.25, -0.2) is 4.98 Å². The molecule has 7 heteroatoms. The molecule has 1 aromatic heterocycles. The van der Waals surface area contributed by atoms with Crippen LogP contribution < -0.4 is 10.4 Å². The van der Waals surface area contributed by atoms with Crippen LogP contribution in [0.4, 0.5) is 5.82 Å². The van der Waals surface area contributed by atoms with Crippen LogP contribution in [0.3, 0.4) is 0 Å². The Balaban J connectivity index is 2.28. The number of aromatic nitrogens is 1. The van der Waals surface area contributed by atoms with Gasteiger partial charge in [-0.15, -0.1) is 0 Å². The Bertz CT molecular complexity index is 402. The Morgan fingerprint density at radius 2 is 2.31 bits per heavy atom. The van der Waals surface area contributed by atoms with Crippen LogP contribution in [0.2, 0.25) is 0 Å². The first-order valence-corrected chi connectivity index (χ1v) is 5.31. The molecule has 0 radical (unpaired) electrons. The monoisotopic (exact) mass is 238 g/mol. The third-order valence-electron chi connectivity index (χ3n) is 2.34. The Labute approximate surface area is 98.8 Å². The highest BCUT2D eigenvalue weighted by Gasteiger charge is 2.23. The SMILES string of the molecule is OB(O)c1cccnc1N1CCOC(=S)C1. The lowest BCUT2D eigenvalue weighted by molar-refractivity contribution is 0.295. The van der Waals surface area contributed by atoms with Crippen LogP contribution >= 0.6 is 12.2 Å². The summed E-state index contributed by atoms with van der Waals surface area (Å²) in [5.74, 6) is 0.545. The standard InChI is InChI=1S/C9H11BN2O3S/c13-10(14)7-2-1-3-11-9(7)12-4-5-15-8(16)6-12/h1-3,13-14H,4-6H2. The minimum absolute atomic E-state index is 0.382. The van der Waals surface area contributed by atoms with Gasteiger partial charge in [0.05, 0.1) is 13.1 Å². The fourth-order valence-corrected chi connectivity index (χ4v) is 1.85. The minimum atomic E-state index is -1.53. The van der Waals surface area contributed by atoms with E-state index in [1.54, 1.807) is 18.3 Å². The van der Waals surface area contributed by atoms with Crippen molar-refractivity contribution in [3.8, 4) is 0 Å². The largest absolute Gasteiger partial charge is 0.492 e. The van der Waals surface area contributed by atoms with Crippen molar-refractivity contribution in [3.05, 3.63) is 18.3 Å². The highest BCUT2D eigenvalue weighted by atomic mass is 32.1. The maximum Gasteiger partial charge on any atom is 0.492 e. The fourth-order valence-electron chi connectivity index (χ4n) is 1.61. The van der Waals surface area contributed by atoms with Crippen molar-refractivity contribution in [2.45, 2.75) is 0 Å². The number of pyridine rings is 1. The third kappa shape index (κ3) is 2.32. The van der Waals surface area contributed by atoms with Crippen LogP contribution in [-0.2, 0) is 4.74 Å². The summed E-state index contributed by atoms with van der Waals surface area (Å²) in [6, 6.07) is 3.29. The smallest absolute Gasteiger partial charge is 0.483 e. The molecular formula is C9H11BN2O3S. The Hall–Kier alpha value is -1.18. The summed E-state index contributed by atoms with van der Waals surface area (Å²) in [4.78, 5) is 6.02. The van der Waals surface area contributed by atoms with Gasteiger partial charge in [-0.3, -0.25) is 0 Å². The number of rotatable bonds is 2. The summed E-state index contributed by atoms with van der Waals surface area (Å²) in [6.07, 6.45) is 1.61. The van der Waals surface area contributed by atoms with Gasteiger partial charge >= 0.3 is 7.12 Å². The highest BCUT2D eigenvalue weighted by molar-refractivity contribution is 7.80. The average Bonchev–Trinajstić information content (AvgIpc) is 2.29. The molecule has 0 amide bonds. The van der Waals surface area contributed by atoms with Gasteiger partial charge in [-0.05, 0) is 18.3 Å². The summed E-state index contributed by atoms with van der Waals surface area (Å²) in [7, 11) is -1.53. The summed E-state index contributed by atoms with van der Waals surface area (Å²) in [5, 5.41) is 18.9. The molecule has 1 fully saturated rings. The van der Waals surface area contributed by atoms with E-state index in [9.17, 15) is 10.0 Å². The molecule has 2 N–H and O–H groups in total. The van der Waals surface area contributed by atoms with Crippen LogP contribution in [0, 0.1) is 0 Å². The first kappa shape index (κ1) is 11.3. The number of hydrogen-bond acceptors (Lipinski definition) is 6. The Morgan fingerprint density at radius 3 is 3.00 bits per heavy atom. The van der Waals surface area contributed by atoms with Crippen LogP contribution in [0.15, 0.2) is 18.3 Å². The van der Waals surface area contributed by atoms with Crippen molar-refractivity contribution in [2.24, 2.45) is 0 Å². The molecule has 0 atom stereocenters. The van der Waals surface area contributed by atoms with Gasteiger partial charge in [0.1, 0.15) is 12.4 Å². The van der Waals surface area contributed by atoms with E-state index in [1.807, 2.05) is 4.90 Å². The van der Waals surface area contributed by atoms with Crippen LogP contribution in [0.1, 0.15) is 0 Å². The first-order chi connectivity index (χ1) is 7.68. The molecule has 5 nitrogen and oxygen atoms in total. The zero-order valence-corrected chi connectivity index (χ0v) is 9.35. The molecule has 0 aromatic carbocycles. The first-order valence-electron chi connectivity index (χ1n) is 4.90. The van der Waals surface area contributed by atoms with E-state index in [0.29, 0.717) is 36.0 Å². The van der Waals surface area contributed by atoms with Crippen molar-refractivity contribution in [1.82, 2.24) is 4.98 Å². The van der Waals surface area contributed by atoms with Gasteiger partial charge in [0.15, 0.2) is 5.05 Å². The molecule has 16 heavy (non-hydrogen) atoms. The maximum absolute atomic E-state index is 9.23. The van der Waals surface area contributed by atoms with Crippen molar-refractivity contribution < 1.29 is 14.8 Å². The lowest BCUT2D eigenvalue weighted by Crippen LogP contribution is -2.44. The van der Waals surface area contributed by atoms with E-state index in [2.05, 4.69) is 4.98 Å². The number of hydrogen-bond donors (Lipinski definition) is 2. The number of nitrogens with zero attached hydrogens (tertiary/aromatic N) is 2. The minimum Gasteiger partial charge on any atom is -0.483 e. The molecule has 1 saturated heterocycles. The zero-order valence-electron chi connectivity index (χ0n) is 8.54. The number of thiocarbonyl (C=S) groups is 1. The normalized spacial score (nSPS) is 15.9. The second-order valence-electron chi connectivity index (χ2n) is 3.43. The predicted octanol–water partition coefficient (Wildman–Crippen LogP) is -1.07. The summed E-state index contributed by atoms with van der Waals surface area (Å²) in [5.41, 5.74) is 0.382. The predicted molar refractivity (Wildman–Crippen MR) is 64.8 cm³/mol. The topological polar surface area (TPSA) is 65.8 Å². The molecule has 0 aliphatic carbocycles. The molecule has 0 spiro atoms. The maximum atomic E-state index is 9.23. The van der Waals surface area contributed by atoms with Crippen molar-refractivity contribution in [3.63, 3.8) is 0 Å². The molecule has 2 heterocycles. The van der Waals surface area contributed by atoms with Gasteiger partial charge in [0, 0.05) is 11.7 Å². The quantitative estimate of drug-likeness (QED) is 0.505. The van der Waals surface area contributed by atoms with Crippen molar-refractivity contribution >= 4 is 35.7 Å². The molecule has 1 aromatic rings. The summed E-state index contributed by atoms with van der Waals surface area (Å²) < 4.78 is 5.17. The van der Waals surface area contributed by atoms with Crippen LogP contribution in [-0.4, -0.2) is 46.9 Å². The lowest BCUT2D eigenvalue weighted by Gasteiger charge is -2.29. The number of ether oxygens (including phenoxy) is 1. The van der Waals surface area contributed by atoms with E-state index in [0.717, 1.165) is 0 Å². The van der Waals surface area contributed by atoms with Crippen LogP contribution in [0.5, 0.6) is 0 Å². The van der Waals surface area contributed by atoms with E-state index < -0.39 is 7.12 Å². The fraction of sp³-hybridized carbons (Fsp3) is 0.333. The van der Waals surface area contributed by atoms with E-state index in [-0.39, 0.29) is 0 Å². The number of anilines is 1. The molecule has 0 unspecified atom stereocenters. The number of morpholine rings is 1. The van der Waals surface area contributed by atoms with Crippen molar-refractivity contribution in [1.29, 1.82) is 0 Å². The highest BCUT2D eigenvalue weighted by Crippen LogP contribution is 2.11. The van der Waals surface area contributed by atoms with E-state index >= 15 is 0 Å².